The third kappa shape index (κ3) is 4.79. The predicted molar refractivity (Wildman–Crippen MR) is 79.1 cm³/mol. The van der Waals surface area contributed by atoms with Crippen molar-refractivity contribution >= 4 is 5.91 Å². The molecule has 0 aromatic rings. The predicted octanol–water partition coefficient (Wildman–Crippen LogP) is 2.95. The Labute approximate surface area is 118 Å². The molecule has 1 unspecified atom stereocenters. The maximum atomic E-state index is 12.2. The minimum Gasteiger partial charge on any atom is -0.341 e. The van der Waals surface area contributed by atoms with Crippen LogP contribution in [0, 0.1) is 5.92 Å². The van der Waals surface area contributed by atoms with Crippen molar-refractivity contribution in [3.63, 3.8) is 0 Å². The van der Waals surface area contributed by atoms with Crippen molar-refractivity contribution in [3.8, 4) is 0 Å². The summed E-state index contributed by atoms with van der Waals surface area (Å²) in [5.74, 6) is 1.30. The lowest BCUT2D eigenvalue weighted by Gasteiger charge is -2.32. The molecule has 110 valence electrons. The fourth-order valence-corrected chi connectivity index (χ4v) is 3.62. The van der Waals surface area contributed by atoms with Gasteiger partial charge in [-0.15, -0.1) is 0 Å². The quantitative estimate of drug-likeness (QED) is 0.830. The molecular formula is C16H30N2O. The third-order valence-corrected chi connectivity index (χ3v) is 4.91. The highest BCUT2D eigenvalue weighted by Gasteiger charge is 2.22. The van der Waals surface area contributed by atoms with E-state index in [0.29, 0.717) is 11.9 Å². The Bertz CT molecular complexity index is 274. The lowest BCUT2D eigenvalue weighted by Crippen LogP contribution is -2.46. The van der Waals surface area contributed by atoms with E-state index < -0.39 is 0 Å². The normalized spacial score (nSPS) is 25.5. The Morgan fingerprint density at radius 1 is 1.16 bits per heavy atom. The number of nitrogens with zero attached hydrogens (tertiary/aromatic N) is 1. The molecule has 1 amide bonds. The first kappa shape index (κ1) is 14.8. The van der Waals surface area contributed by atoms with Gasteiger partial charge in [0.1, 0.15) is 0 Å². The van der Waals surface area contributed by atoms with Gasteiger partial charge in [-0.1, -0.05) is 32.1 Å². The van der Waals surface area contributed by atoms with E-state index in [1.54, 1.807) is 0 Å². The molecule has 2 aliphatic rings. The van der Waals surface area contributed by atoms with E-state index in [-0.39, 0.29) is 0 Å². The van der Waals surface area contributed by atoms with Crippen LogP contribution in [-0.2, 0) is 4.79 Å². The number of rotatable bonds is 5. The Balaban J connectivity index is 1.63. The van der Waals surface area contributed by atoms with Crippen molar-refractivity contribution in [2.45, 2.75) is 70.3 Å². The molecule has 1 N–H and O–H groups in total. The number of likely N-dealkylation sites (tertiary alicyclic amines) is 1. The number of piperidine rings is 1. The van der Waals surface area contributed by atoms with Crippen LogP contribution in [0.4, 0.5) is 0 Å². The van der Waals surface area contributed by atoms with Crippen LogP contribution in [0.25, 0.3) is 0 Å². The third-order valence-electron chi connectivity index (χ3n) is 4.91. The van der Waals surface area contributed by atoms with Gasteiger partial charge in [0.05, 0.1) is 0 Å². The molecule has 0 radical (unpaired) electrons. The van der Waals surface area contributed by atoms with Gasteiger partial charge in [0.15, 0.2) is 0 Å². The SMILES string of the molecule is CNC1CCCN(C(=O)CCCC2CCCCC2)C1. The van der Waals surface area contributed by atoms with Crippen molar-refractivity contribution in [2.24, 2.45) is 5.92 Å². The lowest BCUT2D eigenvalue weighted by molar-refractivity contribution is -0.132. The highest BCUT2D eigenvalue weighted by molar-refractivity contribution is 5.76. The minimum atomic E-state index is 0.385. The molecule has 3 heteroatoms. The molecule has 0 aromatic carbocycles. The molecule has 1 atom stereocenters. The van der Waals surface area contributed by atoms with E-state index in [0.717, 1.165) is 38.3 Å². The number of carbonyl (C=O) groups excluding carboxylic acids is 1. The molecule has 1 saturated carbocycles. The van der Waals surface area contributed by atoms with E-state index in [1.807, 2.05) is 7.05 Å². The van der Waals surface area contributed by atoms with Crippen molar-refractivity contribution in [1.82, 2.24) is 10.2 Å². The largest absolute Gasteiger partial charge is 0.341 e. The number of amides is 1. The zero-order valence-electron chi connectivity index (χ0n) is 12.5. The summed E-state index contributed by atoms with van der Waals surface area (Å²) >= 11 is 0. The molecule has 1 heterocycles. The second kappa shape index (κ2) is 7.88. The topological polar surface area (TPSA) is 32.3 Å². The number of hydrogen-bond acceptors (Lipinski definition) is 2. The second-order valence-corrected chi connectivity index (χ2v) is 6.36. The minimum absolute atomic E-state index is 0.385. The summed E-state index contributed by atoms with van der Waals surface area (Å²) in [7, 11) is 2.00. The lowest BCUT2D eigenvalue weighted by atomic mass is 9.86. The zero-order chi connectivity index (χ0) is 13.5. The van der Waals surface area contributed by atoms with Crippen LogP contribution in [0.15, 0.2) is 0 Å². The van der Waals surface area contributed by atoms with E-state index in [2.05, 4.69) is 10.2 Å². The van der Waals surface area contributed by atoms with Crippen molar-refractivity contribution < 1.29 is 4.79 Å². The Hall–Kier alpha value is -0.570. The summed E-state index contributed by atoms with van der Waals surface area (Å²) in [6.07, 6.45) is 12.6. The highest BCUT2D eigenvalue weighted by Crippen LogP contribution is 2.27. The highest BCUT2D eigenvalue weighted by atomic mass is 16.2. The van der Waals surface area contributed by atoms with Crippen molar-refractivity contribution in [2.75, 3.05) is 20.1 Å². The molecule has 1 aliphatic carbocycles. The van der Waals surface area contributed by atoms with Gasteiger partial charge >= 0.3 is 0 Å². The number of carbonyl (C=O) groups is 1. The maximum absolute atomic E-state index is 12.2. The van der Waals surface area contributed by atoms with E-state index >= 15 is 0 Å². The first-order chi connectivity index (χ1) is 9.29. The van der Waals surface area contributed by atoms with Gasteiger partial charge in [-0.2, -0.15) is 0 Å². The summed E-state index contributed by atoms with van der Waals surface area (Å²) in [6, 6.07) is 0.510. The molecule has 1 aliphatic heterocycles. The van der Waals surface area contributed by atoms with Gasteiger partial charge in [-0.05, 0) is 38.6 Å². The van der Waals surface area contributed by atoms with Gasteiger partial charge in [-0.25, -0.2) is 0 Å². The Morgan fingerprint density at radius 3 is 2.68 bits per heavy atom. The van der Waals surface area contributed by atoms with E-state index in [9.17, 15) is 4.79 Å². The molecule has 1 saturated heterocycles. The van der Waals surface area contributed by atoms with Gasteiger partial charge < -0.3 is 10.2 Å². The number of hydrogen-bond donors (Lipinski definition) is 1. The first-order valence-corrected chi connectivity index (χ1v) is 8.24. The summed E-state index contributed by atoms with van der Waals surface area (Å²) in [4.78, 5) is 14.3. The van der Waals surface area contributed by atoms with Gasteiger partial charge in [0, 0.05) is 25.6 Å². The molecule has 2 rings (SSSR count). The van der Waals surface area contributed by atoms with Crippen LogP contribution in [0.5, 0.6) is 0 Å². The molecule has 0 bridgehead atoms. The molecule has 19 heavy (non-hydrogen) atoms. The molecule has 0 spiro atoms. The zero-order valence-corrected chi connectivity index (χ0v) is 12.5. The maximum Gasteiger partial charge on any atom is 0.222 e. The van der Waals surface area contributed by atoms with Gasteiger partial charge in [0.2, 0.25) is 5.91 Å². The van der Waals surface area contributed by atoms with E-state index in [4.69, 9.17) is 0 Å². The molecule has 3 nitrogen and oxygen atoms in total. The monoisotopic (exact) mass is 266 g/mol. The molecule has 2 fully saturated rings. The standard InChI is InChI=1S/C16H30N2O/c1-17-15-10-6-12-18(13-15)16(19)11-5-9-14-7-3-2-4-8-14/h14-15,17H,2-13H2,1H3. The van der Waals surface area contributed by atoms with Crippen LogP contribution in [0.2, 0.25) is 0 Å². The smallest absolute Gasteiger partial charge is 0.222 e. The van der Waals surface area contributed by atoms with Crippen LogP contribution < -0.4 is 5.32 Å². The van der Waals surface area contributed by atoms with Crippen LogP contribution in [0.3, 0.4) is 0 Å². The summed E-state index contributed by atoms with van der Waals surface area (Å²) in [6.45, 7) is 1.89. The Morgan fingerprint density at radius 2 is 1.95 bits per heavy atom. The molecular weight excluding hydrogens is 236 g/mol. The fourth-order valence-electron chi connectivity index (χ4n) is 3.62. The van der Waals surface area contributed by atoms with Gasteiger partial charge in [0.25, 0.3) is 0 Å². The van der Waals surface area contributed by atoms with Crippen molar-refractivity contribution in [3.05, 3.63) is 0 Å². The summed E-state index contributed by atoms with van der Waals surface area (Å²) in [5.41, 5.74) is 0. The number of nitrogens with one attached hydrogen (secondary N) is 1. The summed E-state index contributed by atoms with van der Waals surface area (Å²) in [5, 5.41) is 3.30. The molecule has 0 aromatic heterocycles. The van der Waals surface area contributed by atoms with E-state index in [1.165, 1.54) is 44.9 Å². The Kier molecular flexibility index (Phi) is 6.15. The average molecular weight is 266 g/mol. The number of likely N-dealkylation sites (N-methyl/N-ethyl adjacent to an activating group) is 1. The fraction of sp³-hybridized carbons (Fsp3) is 0.938. The van der Waals surface area contributed by atoms with Crippen LogP contribution in [-0.4, -0.2) is 37.0 Å². The average Bonchev–Trinajstić information content (AvgIpc) is 2.48. The van der Waals surface area contributed by atoms with Crippen molar-refractivity contribution in [1.29, 1.82) is 0 Å². The summed E-state index contributed by atoms with van der Waals surface area (Å²) < 4.78 is 0. The van der Waals surface area contributed by atoms with Gasteiger partial charge in [-0.3, -0.25) is 4.79 Å². The second-order valence-electron chi connectivity index (χ2n) is 6.36. The van der Waals surface area contributed by atoms with Crippen LogP contribution >= 0.6 is 0 Å². The first-order valence-electron chi connectivity index (χ1n) is 8.24. The van der Waals surface area contributed by atoms with Crippen LogP contribution in [0.1, 0.15) is 64.2 Å².